The lowest BCUT2D eigenvalue weighted by atomic mass is 9.89. The molecule has 1 aromatic rings. The summed E-state index contributed by atoms with van der Waals surface area (Å²) in [7, 11) is 1.39. The van der Waals surface area contributed by atoms with Crippen molar-refractivity contribution in [2.45, 2.75) is 27.2 Å². The molecule has 4 heteroatoms. The first-order valence-corrected chi connectivity index (χ1v) is 6.05. The maximum absolute atomic E-state index is 12.4. The number of methoxy groups -OCH3 is 1. The van der Waals surface area contributed by atoms with Crippen LogP contribution < -0.4 is 0 Å². The highest BCUT2D eigenvalue weighted by Crippen LogP contribution is 2.31. The van der Waals surface area contributed by atoms with Crippen LogP contribution in [0.5, 0.6) is 0 Å². The monoisotopic (exact) mass is 260 g/mol. The number of Topliss-reactive ketones (excluding diaryl/α,β-unsaturated/α-hetero) is 2. The number of allylic oxidation sites excluding steroid dienone is 4. The second kappa shape index (κ2) is 4.88. The molecule has 4 nitrogen and oxygen atoms in total. The molecule has 0 aliphatic heterocycles. The molecule has 19 heavy (non-hydrogen) atoms. The maximum atomic E-state index is 12.4. The molecule has 1 aliphatic carbocycles. The lowest BCUT2D eigenvalue weighted by Crippen LogP contribution is -2.22. The fourth-order valence-electron chi connectivity index (χ4n) is 2.10. The summed E-state index contributed by atoms with van der Waals surface area (Å²) in [5.41, 5.74) is 2.52. The van der Waals surface area contributed by atoms with E-state index in [-0.39, 0.29) is 23.1 Å². The topological polar surface area (TPSA) is 56.5 Å². The third kappa shape index (κ3) is 2.14. The fourth-order valence-corrected chi connectivity index (χ4v) is 2.10. The lowest BCUT2D eigenvalue weighted by molar-refractivity contribution is 0.0880. The van der Waals surface area contributed by atoms with Crippen LogP contribution in [0, 0.1) is 6.92 Å². The fraction of sp³-hybridized carbons (Fsp3) is 0.333. The van der Waals surface area contributed by atoms with E-state index in [1.54, 1.807) is 6.92 Å². The van der Waals surface area contributed by atoms with Gasteiger partial charge in [-0.15, -0.1) is 0 Å². The van der Waals surface area contributed by atoms with Crippen LogP contribution in [0.3, 0.4) is 0 Å². The summed E-state index contributed by atoms with van der Waals surface area (Å²) in [6.45, 7) is 5.64. The number of ether oxygens (including phenoxy) is 1. The Labute approximate surface area is 111 Å². The Morgan fingerprint density at radius 3 is 2.58 bits per heavy atom. The van der Waals surface area contributed by atoms with E-state index in [0.717, 1.165) is 5.57 Å². The number of hydrogen-bond donors (Lipinski definition) is 0. The van der Waals surface area contributed by atoms with Gasteiger partial charge in [0.05, 0.1) is 24.5 Å². The summed E-state index contributed by atoms with van der Waals surface area (Å²) in [5, 5.41) is 0. The maximum Gasteiger partial charge on any atom is 0.263 e. The van der Waals surface area contributed by atoms with E-state index < -0.39 is 0 Å². The summed E-state index contributed by atoms with van der Waals surface area (Å²) >= 11 is 0. The highest BCUT2D eigenvalue weighted by atomic mass is 16.5. The number of furan rings is 1. The first kappa shape index (κ1) is 13.3. The van der Waals surface area contributed by atoms with Crippen LogP contribution >= 0.6 is 0 Å². The molecular formula is C15H16O4. The third-order valence-electron chi connectivity index (χ3n) is 3.08. The molecular weight excluding hydrogens is 244 g/mol. The quantitative estimate of drug-likeness (QED) is 0.783. The average molecular weight is 260 g/mol. The molecule has 0 spiro atoms. The first-order valence-electron chi connectivity index (χ1n) is 6.05. The van der Waals surface area contributed by atoms with Crippen molar-refractivity contribution in [3.8, 4) is 0 Å². The number of aryl methyl sites for hydroxylation is 1. The predicted octanol–water partition coefficient (Wildman–Crippen LogP) is 3.22. The molecule has 1 aliphatic rings. The molecule has 100 valence electrons. The van der Waals surface area contributed by atoms with Crippen LogP contribution in [0.1, 0.15) is 46.7 Å². The molecule has 1 heterocycles. The van der Waals surface area contributed by atoms with Gasteiger partial charge in [-0.3, -0.25) is 9.59 Å². The van der Waals surface area contributed by atoms with Crippen molar-refractivity contribution in [3.63, 3.8) is 0 Å². The molecule has 1 aromatic heterocycles. The van der Waals surface area contributed by atoms with Crippen molar-refractivity contribution < 1.29 is 18.7 Å². The van der Waals surface area contributed by atoms with E-state index in [0.29, 0.717) is 23.1 Å². The number of carbonyl (C=O) groups is 2. The van der Waals surface area contributed by atoms with Gasteiger partial charge in [-0.05, 0) is 32.8 Å². The molecule has 2 rings (SSSR count). The van der Waals surface area contributed by atoms with Crippen molar-refractivity contribution >= 4 is 11.6 Å². The number of carbonyl (C=O) groups excluding carboxylic acids is 2. The van der Waals surface area contributed by atoms with Crippen LogP contribution in [0.25, 0.3) is 0 Å². The van der Waals surface area contributed by atoms with Crippen molar-refractivity contribution in [3.05, 3.63) is 46.1 Å². The van der Waals surface area contributed by atoms with Crippen LogP contribution in [-0.2, 0) is 4.74 Å². The van der Waals surface area contributed by atoms with Crippen LogP contribution in [0.15, 0.2) is 33.7 Å². The molecule has 0 fully saturated rings. The number of fused-ring (bicyclic) bond motifs is 1. The van der Waals surface area contributed by atoms with E-state index in [1.807, 2.05) is 19.9 Å². The van der Waals surface area contributed by atoms with Crippen LogP contribution in [0.2, 0.25) is 0 Å². The van der Waals surface area contributed by atoms with Gasteiger partial charge in [-0.1, -0.05) is 11.6 Å². The van der Waals surface area contributed by atoms with Gasteiger partial charge in [0, 0.05) is 0 Å². The smallest absolute Gasteiger partial charge is 0.263 e. The second-order valence-electron chi connectivity index (χ2n) is 4.78. The lowest BCUT2D eigenvalue weighted by Gasteiger charge is -2.16. The third-order valence-corrected chi connectivity index (χ3v) is 3.08. The molecule has 0 amide bonds. The van der Waals surface area contributed by atoms with Crippen molar-refractivity contribution in [1.29, 1.82) is 0 Å². The largest absolute Gasteiger partial charge is 0.492 e. The Balaban J connectivity index is 2.55. The molecule has 0 saturated heterocycles. The Bertz CT molecular complexity index is 610. The zero-order valence-corrected chi connectivity index (χ0v) is 11.5. The first-order chi connectivity index (χ1) is 8.97. The highest BCUT2D eigenvalue weighted by molar-refractivity contribution is 6.25. The van der Waals surface area contributed by atoms with Gasteiger partial charge in [0.2, 0.25) is 0 Å². The summed E-state index contributed by atoms with van der Waals surface area (Å²) in [6.07, 6.45) is 3.72. The Morgan fingerprint density at radius 2 is 2.00 bits per heavy atom. The Kier molecular flexibility index (Phi) is 3.42. The van der Waals surface area contributed by atoms with Gasteiger partial charge in [0.1, 0.15) is 0 Å². The van der Waals surface area contributed by atoms with Crippen LogP contribution in [-0.4, -0.2) is 18.7 Å². The molecule has 0 saturated carbocycles. The van der Waals surface area contributed by atoms with E-state index in [1.165, 1.54) is 13.4 Å². The SMILES string of the molecule is COC1=C(CC=C(C)C)C(=O)c2c(C)coc2C1=O. The summed E-state index contributed by atoms with van der Waals surface area (Å²) in [6, 6.07) is 0. The number of hydrogen-bond acceptors (Lipinski definition) is 4. The zero-order valence-electron chi connectivity index (χ0n) is 11.5. The second-order valence-corrected chi connectivity index (χ2v) is 4.78. The Hall–Kier alpha value is -2.10. The molecule has 0 N–H and O–H groups in total. The minimum absolute atomic E-state index is 0.0836. The molecule has 0 bridgehead atoms. The highest BCUT2D eigenvalue weighted by Gasteiger charge is 2.36. The average Bonchev–Trinajstić information content (AvgIpc) is 2.74. The van der Waals surface area contributed by atoms with Gasteiger partial charge >= 0.3 is 0 Å². The van der Waals surface area contributed by atoms with Crippen molar-refractivity contribution in [2.24, 2.45) is 0 Å². The molecule has 0 aromatic carbocycles. The normalized spacial score (nSPS) is 14.5. The van der Waals surface area contributed by atoms with Gasteiger partial charge in [-0.2, -0.15) is 0 Å². The van der Waals surface area contributed by atoms with Gasteiger partial charge in [0.15, 0.2) is 17.3 Å². The Morgan fingerprint density at radius 1 is 1.32 bits per heavy atom. The molecule has 0 radical (unpaired) electrons. The van der Waals surface area contributed by atoms with E-state index in [4.69, 9.17) is 9.15 Å². The summed E-state index contributed by atoms with van der Waals surface area (Å²) in [5.74, 6) is -0.373. The van der Waals surface area contributed by atoms with Crippen molar-refractivity contribution in [2.75, 3.05) is 7.11 Å². The number of ketones is 2. The minimum Gasteiger partial charge on any atom is -0.492 e. The zero-order chi connectivity index (χ0) is 14.2. The standard InChI is InChI=1S/C15H16O4/c1-8(2)5-6-10-12(16)11-9(3)7-19-15(11)13(17)14(10)18-4/h5,7H,6H2,1-4H3. The van der Waals surface area contributed by atoms with Crippen molar-refractivity contribution in [1.82, 2.24) is 0 Å². The van der Waals surface area contributed by atoms with E-state index >= 15 is 0 Å². The van der Waals surface area contributed by atoms with Gasteiger partial charge in [-0.25, -0.2) is 0 Å². The molecule has 0 atom stereocenters. The predicted molar refractivity (Wildman–Crippen MR) is 70.2 cm³/mol. The van der Waals surface area contributed by atoms with E-state index in [2.05, 4.69) is 0 Å². The number of rotatable bonds is 3. The summed E-state index contributed by atoms with van der Waals surface area (Å²) < 4.78 is 10.3. The van der Waals surface area contributed by atoms with Gasteiger partial charge < -0.3 is 9.15 Å². The van der Waals surface area contributed by atoms with Gasteiger partial charge in [0.25, 0.3) is 5.78 Å². The van der Waals surface area contributed by atoms with Crippen LogP contribution in [0.4, 0.5) is 0 Å². The minimum atomic E-state index is -0.359. The van der Waals surface area contributed by atoms with E-state index in [9.17, 15) is 9.59 Å². The molecule has 0 unspecified atom stereocenters. The summed E-state index contributed by atoms with van der Waals surface area (Å²) in [4.78, 5) is 24.7.